The molecule has 0 heterocycles. The van der Waals surface area contributed by atoms with Crippen molar-refractivity contribution in [2.45, 2.75) is 0 Å². The largest absolute Gasteiger partial charge is 0.348 e. The van der Waals surface area contributed by atoms with Gasteiger partial charge in [-0.3, -0.25) is 20.2 Å². The molecule has 0 atom stereocenters. The monoisotopic (exact) mass is 411 g/mol. The fraction of sp³-hybridized carbons (Fsp3) is 0. The van der Waals surface area contributed by atoms with Gasteiger partial charge in [0.1, 0.15) is 17.8 Å². The van der Waals surface area contributed by atoms with E-state index in [1.54, 1.807) is 12.1 Å². The first kappa shape index (κ1) is 19.2. The molecule has 26 heavy (non-hydrogen) atoms. The number of anilines is 2. The third-order valence-electron chi connectivity index (χ3n) is 3.19. The molecule has 2 aromatic carbocycles. The van der Waals surface area contributed by atoms with Crippen molar-refractivity contribution >= 4 is 57.6 Å². The van der Waals surface area contributed by atoms with Crippen molar-refractivity contribution in [3.8, 4) is 12.1 Å². The van der Waals surface area contributed by atoms with Crippen molar-refractivity contribution in [2.24, 2.45) is 0 Å². The number of benzene rings is 2. The zero-order valence-corrected chi connectivity index (χ0v) is 14.6. The minimum Gasteiger partial charge on any atom is -0.348 e. The van der Waals surface area contributed by atoms with Gasteiger partial charge in [0.2, 0.25) is 0 Å². The summed E-state index contributed by atoms with van der Waals surface area (Å²) in [6, 6.07) is 6.30. The van der Waals surface area contributed by atoms with Gasteiger partial charge in [0.15, 0.2) is 0 Å². The van der Waals surface area contributed by atoms with E-state index in [2.05, 4.69) is 5.32 Å². The molecule has 0 aromatic heterocycles. The first-order chi connectivity index (χ1) is 12.2. The molecule has 0 spiro atoms. The lowest BCUT2D eigenvalue weighted by Gasteiger charge is -2.14. The zero-order chi connectivity index (χ0) is 19.6. The van der Waals surface area contributed by atoms with Gasteiger partial charge in [-0.1, -0.05) is 34.8 Å². The van der Waals surface area contributed by atoms with E-state index in [1.165, 1.54) is 0 Å². The molecule has 2 rings (SSSR count). The molecule has 0 saturated heterocycles. The van der Waals surface area contributed by atoms with Gasteiger partial charge in [0, 0.05) is 6.07 Å². The Bertz CT molecular complexity index is 1040. The van der Waals surface area contributed by atoms with Crippen LogP contribution in [0.2, 0.25) is 15.1 Å². The van der Waals surface area contributed by atoms with Crippen molar-refractivity contribution in [3.63, 3.8) is 0 Å². The summed E-state index contributed by atoms with van der Waals surface area (Å²) in [7, 11) is 0. The molecular weight excluding hydrogens is 409 g/mol. The number of nitrogens with zero attached hydrogens (tertiary/aromatic N) is 4. The molecule has 12 heteroatoms. The summed E-state index contributed by atoms with van der Waals surface area (Å²) in [6.45, 7) is 0. The van der Waals surface area contributed by atoms with Crippen LogP contribution in [0.4, 0.5) is 22.7 Å². The number of hydrogen-bond donors (Lipinski definition) is 1. The van der Waals surface area contributed by atoms with Crippen LogP contribution >= 0.6 is 34.8 Å². The fourth-order valence-corrected chi connectivity index (χ4v) is 2.80. The molecule has 0 unspecified atom stereocenters. The number of nitro benzene ring substituents is 2. The molecular formula is C14H4Cl3N5O4. The van der Waals surface area contributed by atoms with Gasteiger partial charge in [0.05, 0.1) is 47.8 Å². The summed E-state index contributed by atoms with van der Waals surface area (Å²) in [5, 5.41) is 42.1. The molecule has 1 N–H and O–H groups in total. The second-order valence-corrected chi connectivity index (χ2v) is 5.77. The standard InChI is InChI=1S/C14H4Cl3N5O4/c15-11-7(4-18)12(16)13(17)14(8(11)5-19)20-9-2-1-6(21(23)24)3-10(9)22(25)26/h1-3,20H. The quantitative estimate of drug-likeness (QED) is 0.424. The Balaban J connectivity index is 2.71. The normalized spacial score (nSPS) is 9.88. The van der Waals surface area contributed by atoms with E-state index < -0.39 is 21.2 Å². The highest BCUT2D eigenvalue weighted by Crippen LogP contribution is 2.43. The molecule has 0 saturated carbocycles. The third kappa shape index (κ3) is 3.32. The lowest BCUT2D eigenvalue weighted by atomic mass is 10.1. The summed E-state index contributed by atoms with van der Waals surface area (Å²) in [4.78, 5) is 20.4. The molecule has 0 radical (unpaired) electrons. The minimum atomic E-state index is -0.845. The van der Waals surface area contributed by atoms with Crippen molar-refractivity contribution in [2.75, 3.05) is 5.32 Å². The van der Waals surface area contributed by atoms with Crippen LogP contribution in [0.15, 0.2) is 18.2 Å². The van der Waals surface area contributed by atoms with Gasteiger partial charge in [-0.15, -0.1) is 0 Å². The molecule has 0 fully saturated rings. The lowest BCUT2D eigenvalue weighted by Crippen LogP contribution is -2.02. The van der Waals surface area contributed by atoms with Crippen molar-refractivity contribution < 1.29 is 9.85 Å². The highest BCUT2D eigenvalue weighted by Gasteiger charge is 2.25. The predicted octanol–water partition coefficient (Wildman–Crippen LogP) is 4.95. The van der Waals surface area contributed by atoms with Gasteiger partial charge in [-0.2, -0.15) is 10.5 Å². The van der Waals surface area contributed by atoms with E-state index in [1.807, 2.05) is 0 Å². The number of hydrogen-bond acceptors (Lipinski definition) is 7. The summed E-state index contributed by atoms with van der Waals surface area (Å²) < 4.78 is 0. The van der Waals surface area contributed by atoms with Gasteiger partial charge < -0.3 is 5.32 Å². The summed E-state index contributed by atoms with van der Waals surface area (Å²) in [5.74, 6) is 0. The Labute approximate surface area is 160 Å². The first-order valence-electron chi connectivity index (χ1n) is 6.43. The maximum absolute atomic E-state index is 11.2. The molecule has 0 aliphatic carbocycles. The Morgan fingerprint density at radius 2 is 1.54 bits per heavy atom. The average Bonchev–Trinajstić information content (AvgIpc) is 2.60. The van der Waals surface area contributed by atoms with E-state index in [0.717, 1.165) is 18.2 Å². The molecule has 0 aliphatic heterocycles. The number of rotatable bonds is 4. The summed E-state index contributed by atoms with van der Waals surface area (Å²) in [5.41, 5.74) is -1.96. The van der Waals surface area contributed by atoms with Crippen molar-refractivity contribution in [1.82, 2.24) is 0 Å². The summed E-state index contributed by atoms with van der Waals surface area (Å²) >= 11 is 18.0. The fourth-order valence-electron chi connectivity index (χ4n) is 2.01. The second-order valence-electron chi connectivity index (χ2n) is 4.63. The van der Waals surface area contributed by atoms with Crippen LogP contribution in [-0.2, 0) is 0 Å². The highest BCUT2D eigenvalue weighted by atomic mass is 35.5. The van der Waals surface area contributed by atoms with Gasteiger partial charge in [-0.05, 0) is 6.07 Å². The van der Waals surface area contributed by atoms with Crippen LogP contribution in [0.25, 0.3) is 0 Å². The summed E-state index contributed by atoms with van der Waals surface area (Å²) in [6.07, 6.45) is 0. The Morgan fingerprint density at radius 3 is 2.04 bits per heavy atom. The molecule has 0 amide bonds. The lowest BCUT2D eigenvalue weighted by molar-refractivity contribution is -0.393. The van der Waals surface area contributed by atoms with Gasteiger partial charge in [-0.25, -0.2) is 0 Å². The van der Waals surface area contributed by atoms with Crippen LogP contribution in [-0.4, -0.2) is 9.85 Å². The Morgan fingerprint density at radius 1 is 0.923 bits per heavy atom. The number of nitrogens with one attached hydrogen (secondary N) is 1. The first-order valence-corrected chi connectivity index (χ1v) is 7.56. The topological polar surface area (TPSA) is 146 Å². The maximum Gasteiger partial charge on any atom is 0.299 e. The number of non-ortho nitro benzene ring substituents is 1. The minimum absolute atomic E-state index is 0.167. The van der Waals surface area contributed by atoms with E-state index in [9.17, 15) is 25.5 Å². The molecule has 0 aliphatic rings. The maximum atomic E-state index is 11.2. The predicted molar refractivity (Wildman–Crippen MR) is 93.9 cm³/mol. The second kappa shape index (κ2) is 7.42. The van der Waals surface area contributed by atoms with Crippen molar-refractivity contribution in [3.05, 3.63) is 64.6 Å². The van der Waals surface area contributed by atoms with Crippen molar-refractivity contribution in [1.29, 1.82) is 10.5 Å². The Hall–Kier alpha value is -3.11. The molecule has 130 valence electrons. The molecule has 2 aromatic rings. The number of nitriles is 2. The zero-order valence-electron chi connectivity index (χ0n) is 12.3. The van der Waals surface area contributed by atoms with Crippen LogP contribution in [0.5, 0.6) is 0 Å². The smallest absolute Gasteiger partial charge is 0.299 e. The van der Waals surface area contributed by atoms with Crippen LogP contribution in [0.1, 0.15) is 11.1 Å². The van der Waals surface area contributed by atoms with E-state index in [-0.39, 0.29) is 37.6 Å². The van der Waals surface area contributed by atoms with E-state index in [0.29, 0.717) is 0 Å². The van der Waals surface area contributed by atoms with Gasteiger partial charge >= 0.3 is 0 Å². The van der Waals surface area contributed by atoms with Crippen LogP contribution in [0.3, 0.4) is 0 Å². The number of halogens is 3. The Kier molecular flexibility index (Phi) is 5.48. The van der Waals surface area contributed by atoms with Gasteiger partial charge in [0.25, 0.3) is 11.4 Å². The van der Waals surface area contributed by atoms with E-state index >= 15 is 0 Å². The number of nitro groups is 2. The van der Waals surface area contributed by atoms with Crippen LogP contribution in [0, 0.1) is 42.9 Å². The average molecular weight is 413 g/mol. The highest BCUT2D eigenvalue weighted by molar-refractivity contribution is 6.46. The van der Waals surface area contributed by atoms with Crippen LogP contribution < -0.4 is 5.32 Å². The third-order valence-corrected chi connectivity index (χ3v) is 4.42. The van der Waals surface area contributed by atoms with E-state index in [4.69, 9.17) is 40.1 Å². The SMILES string of the molecule is N#Cc1c(Cl)c(Cl)c(Nc2ccc([N+](=O)[O-])cc2[N+](=O)[O-])c(C#N)c1Cl. The molecule has 0 bridgehead atoms. The molecule has 9 nitrogen and oxygen atoms in total.